The van der Waals surface area contributed by atoms with Crippen molar-refractivity contribution in [2.75, 3.05) is 5.32 Å². The zero-order chi connectivity index (χ0) is 16.7. The Balaban J connectivity index is 1.48. The SMILES string of the molecule is Cc1nc2ccc(NC(=O)NC3CCCc4sc(C)nc43)cc2[nH]1. The smallest absolute Gasteiger partial charge is 0.319 e. The molecule has 1 atom stereocenters. The Labute approximate surface area is 143 Å². The van der Waals surface area contributed by atoms with Crippen molar-refractivity contribution in [1.82, 2.24) is 20.3 Å². The van der Waals surface area contributed by atoms with Crippen molar-refractivity contribution in [2.24, 2.45) is 0 Å². The van der Waals surface area contributed by atoms with Crippen molar-refractivity contribution < 1.29 is 4.79 Å². The normalized spacial score (nSPS) is 16.8. The van der Waals surface area contributed by atoms with Crippen LogP contribution in [-0.4, -0.2) is 21.0 Å². The van der Waals surface area contributed by atoms with Crippen LogP contribution in [0.5, 0.6) is 0 Å². The monoisotopic (exact) mass is 341 g/mol. The number of hydrogen-bond donors (Lipinski definition) is 3. The summed E-state index contributed by atoms with van der Waals surface area (Å²) in [6, 6.07) is 5.46. The number of amides is 2. The molecule has 24 heavy (non-hydrogen) atoms. The summed E-state index contributed by atoms with van der Waals surface area (Å²) in [6.45, 7) is 3.93. The van der Waals surface area contributed by atoms with Crippen LogP contribution in [0.4, 0.5) is 10.5 Å². The van der Waals surface area contributed by atoms with Crippen LogP contribution in [0.1, 0.15) is 40.3 Å². The first kappa shape index (κ1) is 15.1. The number of nitrogens with zero attached hydrogens (tertiary/aromatic N) is 2. The largest absolute Gasteiger partial charge is 0.342 e. The molecule has 0 spiro atoms. The van der Waals surface area contributed by atoms with Gasteiger partial charge in [0.15, 0.2) is 0 Å². The van der Waals surface area contributed by atoms with Crippen LogP contribution in [-0.2, 0) is 6.42 Å². The summed E-state index contributed by atoms with van der Waals surface area (Å²) >= 11 is 1.73. The lowest BCUT2D eigenvalue weighted by atomic mass is 9.98. The second kappa shape index (κ2) is 5.90. The van der Waals surface area contributed by atoms with Gasteiger partial charge in [-0.3, -0.25) is 0 Å². The lowest BCUT2D eigenvalue weighted by Crippen LogP contribution is -2.34. The highest BCUT2D eigenvalue weighted by Crippen LogP contribution is 2.33. The van der Waals surface area contributed by atoms with E-state index < -0.39 is 0 Å². The fourth-order valence-electron chi connectivity index (χ4n) is 3.22. The van der Waals surface area contributed by atoms with Crippen LogP contribution in [0.25, 0.3) is 11.0 Å². The molecule has 1 aliphatic carbocycles. The van der Waals surface area contributed by atoms with Gasteiger partial charge < -0.3 is 15.6 Å². The number of aromatic amines is 1. The molecule has 1 unspecified atom stereocenters. The highest BCUT2D eigenvalue weighted by atomic mass is 32.1. The minimum atomic E-state index is -0.200. The summed E-state index contributed by atoms with van der Waals surface area (Å²) in [6.07, 6.45) is 3.08. The van der Waals surface area contributed by atoms with E-state index >= 15 is 0 Å². The Morgan fingerprint density at radius 2 is 2.21 bits per heavy atom. The number of benzene rings is 1. The molecule has 2 amide bonds. The van der Waals surface area contributed by atoms with Crippen molar-refractivity contribution >= 4 is 34.1 Å². The van der Waals surface area contributed by atoms with Crippen molar-refractivity contribution in [3.05, 3.63) is 39.6 Å². The maximum Gasteiger partial charge on any atom is 0.319 e. The van der Waals surface area contributed by atoms with Crippen molar-refractivity contribution in [3.63, 3.8) is 0 Å². The minimum Gasteiger partial charge on any atom is -0.342 e. The van der Waals surface area contributed by atoms with E-state index in [1.807, 2.05) is 32.0 Å². The average molecular weight is 341 g/mol. The molecule has 4 rings (SSSR count). The van der Waals surface area contributed by atoms with E-state index in [2.05, 4.69) is 25.6 Å². The summed E-state index contributed by atoms with van der Waals surface area (Å²) in [5.41, 5.74) is 3.60. The highest BCUT2D eigenvalue weighted by molar-refractivity contribution is 7.11. The van der Waals surface area contributed by atoms with Crippen LogP contribution in [0.2, 0.25) is 0 Å². The maximum absolute atomic E-state index is 12.4. The van der Waals surface area contributed by atoms with E-state index in [1.165, 1.54) is 4.88 Å². The molecule has 2 aromatic heterocycles. The fraction of sp³-hybridized carbons (Fsp3) is 0.353. The molecule has 3 aromatic rings. The maximum atomic E-state index is 12.4. The Bertz CT molecular complexity index is 913. The summed E-state index contributed by atoms with van der Waals surface area (Å²) in [4.78, 5) is 25.8. The van der Waals surface area contributed by atoms with Gasteiger partial charge in [0.2, 0.25) is 0 Å². The van der Waals surface area contributed by atoms with Crippen LogP contribution in [0.3, 0.4) is 0 Å². The molecule has 0 saturated carbocycles. The lowest BCUT2D eigenvalue weighted by Gasteiger charge is -2.22. The van der Waals surface area contributed by atoms with Crippen LogP contribution in [0.15, 0.2) is 18.2 Å². The van der Waals surface area contributed by atoms with Gasteiger partial charge in [-0.25, -0.2) is 14.8 Å². The number of aromatic nitrogens is 3. The van der Waals surface area contributed by atoms with E-state index in [0.717, 1.165) is 52.5 Å². The molecule has 0 aliphatic heterocycles. The van der Waals surface area contributed by atoms with E-state index in [-0.39, 0.29) is 12.1 Å². The number of rotatable bonds is 2. The number of H-pyrrole nitrogens is 1. The number of thiazole rings is 1. The number of carbonyl (C=O) groups excluding carboxylic acids is 1. The second-order valence-electron chi connectivity index (χ2n) is 6.14. The molecule has 6 nitrogen and oxygen atoms in total. The van der Waals surface area contributed by atoms with E-state index in [0.29, 0.717) is 0 Å². The molecule has 0 fully saturated rings. The van der Waals surface area contributed by atoms with Crippen LogP contribution >= 0.6 is 11.3 Å². The minimum absolute atomic E-state index is 0.00294. The van der Waals surface area contributed by atoms with Crippen molar-refractivity contribution in [3.8, 4) is 0 Å². The number of anilines is 1. The quantitative estimate of drug-likeness (QED) is 0.662. The van der Waals surface area contributed by atoms with Crippen molar-refractivity contribution in [1.29, 1.82) is 0 Å². The lowest BCUT2D eigenvalue weighted by molar-refractivity contribution is 0.247. The van der Waals surface area contributed by atoms with Gasteiger partial charge in [-0.2, -0.15) is 0 Å². The molecule has 0 saturated heterocycles. The third kappa shape index (κ3) is 2.87. The Kier molecular flexibility index (Phi) is 3.72. The van der Waals surface area contributed by atoms with Crippen molar-refractivity contribution in [2.45, 2.75) is 39.2 Å². The molecule has 124 valence electrons. The molecular formula is C17H19N5OS. The van der Waals surface area contributed by atoms with E-state index in [4.69, 9.17) is 0 Å². The third-order valence-corrected chi connectivity index (χ3v) is 5.27. The number of carbonyl (C=O) groups is 1. The number of aryl methyl sites for hydroxylation is 3. The van der Waals surface area contributed by atoms with Gasteiger partial charge in [0.05, 0.1) is 27.8 Å². The van der Waals surface area contributed by atoms with Gasteiger partial charge in [0, 0.05) is 10.6 Å². The Hall–Kier alpha value is -2.41. The summed E-state index contributed by atoms with van der Waals surface area (Å²) in [5.74, 6) is 0.861. The van der Waals surface area contributed by atoms with E-state index in [1.54, 1.807) is 11.3 Å². The molecule has 1 aromatic carbocycles. The topological polar surface area (TPSA) is 82.7 Å². The first-order valence-electron chi connectivity index (χ1n) is 8.08. The van der Waals surface area contributed by atoms with Gasteiger partial charge in [-0.1, -0.05) is 0 Å². The predicted molar refractivity (Wildman–Crippen MR) is 95.5 cm³/mol. The molecule has 1 aliphatic rings. The van der Waals surface area contributed by atoms with Gasteiger partial charge in [-0.15, -0.1) is 11.3 Å². The first-order chi connectivity index (χ1) is 11.6. The third-order valence-electron chi connectivity index (χ3n) is 4.22. The standard InChI is InChI=1S/C17H19N5OS/c1-9-18-12-7-6-11(8-14(12)19-9)21-17(23)22-13-4-3-5-15-16(13)20-10(2)24-15/h6-8,13H,3-5H2,1-2H3,(H,18,19)(H2,21,22,23). The molecule has 2 heterocycles. The number of nitrogens with one attached hydrogen (secondary N) is 3. The number of urea groups is 1. The number of fused-ring (bicyclic) bond motifs is 2. The van der Waals surface area contributed by atoms with Crippen LogP contribution in [0, 0.1) is 13.8 Å². The van der Waals surface area contributed by atoms with Gasteiger partial charge in [0.1, 0.15) is 5.82 Å². The summed E-state index contributed by atoms with van der Waals surface area (Å²) in [5, 5.41) is 7.03. The zero-order valence-corrected chi connectivity index (χ0v) is 14.5. The van der Waals surface area contributed by atoms with Crippen LogP contribution < -0.4 is 10.6 Å². The molecular weight excluding hydrogens is 322 g/mol. The Morgan fingerprint density at radius 3 is 3.08 bits per heavy atom. The predicted octanol–water partition coefficient (Wildman–Crippen LogP) is 3.84. The number of imidazole rings is 1. The summed E-state index contributed by atoms with van der Waals surface area (Å²) < 4.78 is 0. The zero-order valence-electron chi connectivity index (χ0n) is 13.6. The molecule has 3 N–H and O–H groups in total. The average Bonchev–Trinajstić information content (AvgIpc) is 3.08. The fourth-order valence-corrected chi connectivity index (χ4v) is 4.26. The first-order valence-corrected chi connectivity index (χ1v) is 8.90. The van der Waals surface area contributed by atoms with Gasteiger partial charge in [0.25, 0.3) is 0 Å². The highest BCUT2D eigenvalue weighted by Gasteiger charge is 2.25. The number of hydrogen-bond acceptors (Lipinski definition) is 4. The molecule has 0 bridgehead atoms. The van der Waals surface area contributed by atoms with Gasteiger partial charge in [-0.05, 0) is 51.3 Å². The molecule has 0 radical (unpaired) electrons. The second-order valence-corrected chi connectivity index (χ2v) is 7.43. The summed E-state index contributed by atoms with van der Waals surface area (Å²) in [7, 11) is 0. The Morgan fingerprint density at radius 1 is 1.33 bits per heavy atom. The van der Waals surface area contributed by atoms with Gasteiger partial charge >= 0.3 is 6.03 Å². The van der Waals surface area contributed by atoms with E-state index in [9.17, 15) is 4.79 Å². The molecule has 7 heteroatoms.